The van der Waals surface area contributed by atoms with Crippen LogP contribution in [0.25, 0.3) is 0 Å². The first-order valence-electron chi connectivity index (χ1n) is 8.61. The number of hydrogen-bond donors (Lipinski definition) is 3. The van der Waals surface area contributed by atoms with Crippen LogP contribution < -0.4 is 15.8 Å². The molecule has 2 heterocycles. The fraction of sp³-hybridized carbons (Fsp3) is 0.412. The Morgan fingerprint density at radius 2 is 2.22 bits per heavy atom. The first-order chi connectivity index (χ1) is 12.8. The van der Waals surface area contributed by atoms with Gasteiger partial charge >= 0.3 is 0 Å². The number of primary sulfonamides is 1. The molecule has 1 unspecified atom stereocenters. The number of carbonyl (C=O) groups is 1. The van der Waals surface area contributed by atoms with Crippen LogP contribution in [-0.2, 0) is 21.9 Å². The van der Waals surface area contributed by atoms with E-state index in [0.29, 0.717) is 18.8 Å². The van der Waals surface area contributed by atoms with Crippen molar-refractivity contribution < 1.29 is 13.2 Å². The second-order valence-electron chi connectivity index (χ2n) is 6.66. The summed E-state index contributed by atoms with van der Waals surface area (Å²) in [6, 6.07) is 4.42. The van der Waals surface area contributed by atoms with Gasteiger partial charge in [-0.05, 0) is 24.6 Å². The van der Waals surface area contributed by atoms with Gasteiger partial charge in [0, 0.05) is 44.8 Å². The smallest absolute Gasteiger partial charge is 0.238 e. The van der Waals surface area contributed by atoms with E-state index in [0.717, 1.165) is 17.9 Å². The zero-order valence-corrected chi connectivity index (χ0v) is 16.2. The van der Waals surface area contributed by atoms with Crippen LogP contribution >= 0.6 is 0 Å². The van der Waals surface area contributed by atoms with E-state index >= 15 is 0 Å². The number of aromatic nitrogens is 2. The summed E-state index contributed by atoms with van der Waals surface area (Å²) in [7, 11) is -1.90. The lowest BCUT2D eigenvalue weighted by atomic mass is 10.1. The van der Waals surface area contributed by atoms with Crippen LogP contribution in [-0.4, -0.2) is 55.0 Å². The van der Waals surface area contributed by atoms with E-state index in [4.69, 9.17) is 5.14 Å². The van der Waals surface area contributed by atoms with E-state index in [-0.39, 0.29) is 23.4 Å². The van der Waals surface area contributed by atoms with Gasteiger partial charge < -0.3 is 15.2 Å². The van der Waals surface area contributed by atoms with Crippen molar-refractivity contribution in [2.75, 3.05) is 31.5 Å². The third-order valence-corrected chi connectivity index (χ3v) is 5.58. The molecular formula is C17H24N6O3S. The SMILES string of the molecule is Cc1ccc(S(N)(=O)=O)cc1NC(=O)CN1CCNCC1c1nccn1C. The van der Waals surface area contributed by atoms with E-state index in [9.17, 15) is 13.2 Å². The molecule has 0 spiro atoms. The van der Waals surface area contributed by atoms with E-state index < -0.39 is 10.0 Å². The Balaban J connectivity index is 1.74. The minimum Gasteiger partial charge on any atom is -0.337 e. The molecule has 0 aliphatic carbocycles. The van der Waals surface area contributed by atoms with Crippen molar-refractivity contribution in [1.82, 2.24) is 19.8 Å². The molecule has 1 aliphatic rings. The number of anilines is 1. The Morgan fingerprint density at radius 1 is 1.44 bits per heavy atom. The number of imidazole rings is 1. The standard InChI is InChI=1S/C17H24N6O3S/c1-12-3-4-13(27(18,25)26)9-14(12)21-16(24)11-23-8-5-19-10-15(23)17-20-6-7-22(17)2/h3-4,6-7,9,15,19H,5,8,10-11H2,1-2H3,(H,21,24)(H2,18,25,26). The van der Waals surface area contributed by atoms with Crippen molar-refractivity contribution in [2.45, 2.75) is 17.9 Å². The lowest BCUT2D eigenvalue weighted by Gasteiger charge is -2.35. The van der Waals surface area contributed by atoms with Gasteiger partial charge in [-0.25, -0.2) is 18.5 Å². The van der Waals surface area contributed by atoms with E-state index in [1.807, 2.05) is 17.8 Å². The average Bonchev–Trinajstić information content (AvgIpc) is 3.02. The fourth-order valence-electron chi connectivity index (χ4n) is 3.18. The Hall–Kier alpha value is -2.27. The molecule has 0 radical (unpaired) electrons. The number of carbonyl (C=O) groups excluding carboxylic acids is 1. The van der Waals surface area contributed by atoms with Gasteiger partial charge in [0.2, 0.25) is 15.9 Å². The molecule has 146 valence electrons. The summed E-state index contributed by atoms with van der Waals surface area (Å²) in [5.41, 5.74) is 1.20. The Morgan fingerprint density at radius 3 is 2.89 bits per heavy atom. The quantitative estimate of drug-likeness (QED) is 0.656. The molecule has 1 atom stereocenters. The van der Waals surface area contributed by atoms with Gasteiger partial charge in [-0.1, -0.05) is 6.07 Å². The van der Waals surface area contributed by atoms with Crippen molar-refractivity contribution in [1.29, 1.82) is 0 Å². The molecule has 2 aromatic rings. The van der Waals surface area contributed by atoms with Crippen molar-refractivity contribution in [3.05, 3.63) is 42.0 Å². The van der Waals surface area contributed by atoms with Gasteiger partial charge in [0.25, 0.3) is 0 Å². The minimum absolute atomic E-state index is 0.0126. The third-order valence-electron chi connectivity index (χ3n) is 4.67. The number of hydrogen-bond acceptors (Lipinski definition) is 6. The highest BCUT2D eigenvalue weighted by molar-refractivity contribution is 7.89. The molecule has 1 saturated heterocycles. The zero-order valence-electron chi connectivity index (χ0n) is 15.3. The molecule has 10 heteroatoms. The predicted molar refractivity (Wildman–Crippen MR) is 102 cm³/mol. The van der Waals surface area contributed by atoms with Gasteiger partial charge in [0.1, 0.15) is 5.82 Å². The van der Waals surface area contributed by atoms with Gasteiger partial charge in [-0.3, -0.25) is 9.69 Å². The molecule has 4 N–H and O–H groups in total. The predicted octanol–water partition coefficient (Wildman–Crippen LogP) is -0.0391. The highest BCUT2D eigenvalue weighted by Crippen LogP contribution is 2.22. The van der Waals surface area contributed by atoms with Crippen LogP contribution in [0.5, 0.6) is 0 Å². The van der Waals surface area contributed by atoms with Crippen LogP contribution in [0.4, 0.5) is 5.69 Å². The van der Waals surface area contributed by atoms with Crippen LogP contribution in [0.15, 0.2) is 35.5 Å². The lowest BCUT2D eigenvalue weighted by molar-refractivity contribution is -0.118. The van der Waals surface area contributed by atoms with Crippen LogP contribution in [0.3, 0.4) is 0 Å². The summed E-state index contributed by atoms with van der Waals surface area (Å²) >= 11 is 0. The summed E-state index contributed by atoms with van der Waals surface area (Å²) in [6.07, 6.45) is 3.62. The van der Waals surface area contributed by atoms with Gasteiger partial charge in [-0.15, -0.1) is 0 Å². The molecule has 0 bridgehead atoms. The number of amides is 1. The lowest BCUT2D eigenvalue weighted by Crippen LogP contribution is -2.49. The summed E-state index contributed by atoms with van der Waals surface area (Å²) in [4.78, 5) is 19.0. The topological polar surface area (TPSA) is 122 Å². The Kier molecular flexibility index (Phi) is 5.61. The molecule has 3 rings (SSSR count). The molecule has 9 nitrogen and oxygen atoms in total. The average molecular weight is 392 g/mol. The highest BCUT2D eigenvalue weighted by Gasteiger charge is 2.28. The molecule has 27 heavy (non-hydrogen) atoms. The molecule has 1 aliphatic heterocycles. The normalized spacial score (nSPS) is 18.4. The maximum atomic E-state index is 12.6. The molecule has 1 fully saturated rings. The van der Waals surface area contributed by atoms with E-state index in [2.05, 4.69) is 20.5 Å². The maximum Gasteiger partial charge on any atom is 0.238 e. The number of nitrogens with one attached hydrogen (secondary N) is 2. The second-order valence-corrected chi connectivity index (χ2v) is 8.22. The third kappa shape index (κ3) is 4.53. The number of aryl methyl sites for hydroxylation is 2. The fourth-order valence-corrected chi connectivity index (χ4v) is 3.72. The van der Waals surface area contributed by atoms with E-state index in [1.54, 1.807) is 19.2 Å². The summed E-state index contributed by atoms with van der Waals surface area (Å²) in [5, 5.41) is 11.3. The van der Waals surface area contributed by atoms with E-state index in [1.165, 1.54) is 12.1 Å². The number of nitrogens with two attached hydrogens (primary N) is 1. The molecule has 0 saturated carbocycles. The monoisotopic (exact) mass is 392 g/mol. The number of sulfonamides is 1. The second kappa shape index (κ2) is 7.77. The van der Waals surface area contributed by atoms with Crippen LogP contribution in [0.2, 0.25) is 0 Å². The zero-order chi connectivity index (χ0) is 19.6. The van der Waals surface area contributed by atoms with Crippen molar-refractivity contribution >= 4 is 21.6 Å². The molecule has 1 aromatic heterocycles. The maximum absolute atomic E-state index is 12.6. The molecule has 1 amide bonds. The first kappa shape index (κ1) is 19.5. The van der Waals surface area contributed by atoms with Crippen LogP contribution in [0.1, 0.15) is 17.4 Å². The summed E-state index contributed by atoms with van der Waals surface area (Å²) in [6.45, 7) is 4.18. The Labute approximate surface area is 158 Å². The largest absolute Gasteiger partial charge is 0.337 e. The summed E-state index contributed by atoms with van der Waals surface area (Å²) in [5.74, 6) is 0.674. The molecule has 1 aromatic carbocycles. The van der Waals surface area contributed by atoms with Crippen molar-refractivity contribution in [3.63, 3.8) is 0 Å². The Bertz CT molecular complexity index is 940. The minimum atomic E-state index is -3.83. The van der Waals surface area contributed by atoms with Gasteiger partial charge in [-0.2, -0.15) is 0 Å². The number of piperazine rings is 1. The van der Waals surface area contributed by atoms with Crippen molar-refractivity contribution in [3.8, 4) is 0 Å². The van der Waals surface area contributed by atoms with Crippen LogP contribution in [0, 0.1) is 6.92 Å². The van der Waals surface area contributed by atoms with Gasteiger partial charge in [0.15, 0.2) is 0 Å². The number of rotatable bonds is 5. The summed E-state index contributed by atoms with van der Waals surface area (Å²) < 4.78 is 25.0. The molecular weight excluding hydrogens is 368 g/mol. The van der Waals surface area contributed by atoms with Gasteiger partial charge in [0.05, 0.1) is 17.5 Å². The number of benzene rings is 1. The first-order valence-corrected chi connectivity index (χ1v) is 10.2. The van der Waals surface area contributed by atoms with Crippen molar-refractivity contribution in [2.24, 2.45) is 12.2 Å². The number of nitrogens with zero attached hydrogens (tertiary/aromatic N) is 3. The highest BCUT2D eigenvalue weighted by atomic mass is 32.2.